The van der Waals surface area contributed by atoms with Gasteiger partial charge in [0.15, 0.2) is 0 Å². The van der Waals surface area contributed by atoms with Crippen molar-refractivity contribution in [2.45, 2.75) is 20.8 Å². The molecule has 1 atom stereocenters. The third-order valence-corrected chi connectivity index (χ3v) is 3.22. The predicted molar refractivity (Wildman–Crippen MR) is 67.0 cm³/mol. The van der Waals surface area contributed by atoms with Gasteiger partial charge in [0.25, 0.3) is 10.1 Å². The van der Waals surface area contributed by atoms with Crippen LogP contribution >= 0.6 is 0 Å². The van der Waals surface area contributed by atoms with E-state index >= 15 is 0 Å². The van der Waals surface area contributed by atoms with Gasteiger partial charge in [-0.25, -0.2) is 0 Å². The zero-order chi connectivity index (χ0) is 13.1. The first-order valence-corrected chi connectivity index (χ1v) is 7.03. The predicted octanol–water partition coefficient (Wildman–Crippen LogP) is 2.21. The standard InChI is InChI=1S/C12H18O4S/c1-9-4-10(2)6-12(5-9)16-7-11(3)8-17(13,14)15/h4-6,11H,7-8H2,1-3H3,(H,13,14,15). The highest BCUT2D eigenvalue weighted by Crippen LogP contribution is 2.17. The maximum absolute atomic E-state index is 10.7. The minimum absolute atomic E-state index is 0.245. The van der Waals surface area contributed by atoms with Gasteiger partial charge >= 0.3 is 0 Å². The van der Waals surface area contributed by atoms with Gasteiger partial charge in [0.2, 0.25) is 0 Å². The first-order chi connectivity index (χ1) is 7.76. The second kappa shape index (κ2) is 5.51. The average Bonchev–Trinajstić information content (AvgIpc) is 2.10. The third-order valence-electron chi connectivity index (χ3n) is 2.22. The second-order valence-corrected chi connectivity index (χ2v) is 5.99. The highest BCUT2D eigenvalue weighted by atomic mass is 32.2. The zero-order valence-electron chi connectivity index (χ0n) is 10.3. The lowest BCUT2D eigenvalue weighted by atomic mass is 10.1. The molecule has 0 fully saturated rings. The summed E-state index contributed by atoms with van der Waals surface area (Å²) in [4.78, 5) is 0. The van der Waals surface area contributed by atoms with Crippen LogP contribution in [0.4, 0.5) is 0 Å². The molecule has 0 aromatic heterocycles. The molecular weight excluding hydrogens is 240 g/mol. The number of aryl methyl sites for hydroxylation is 2. The van der Waals surface area contributed by atoms with Gasteiger partial charge in [-0.05, 0) is 37.1 Å². The molecule has 4 nitrogen and oxygen atoms in total. The average molecular weight is 258 g/mol. The Bertz CT molecular complexity index is 459. The number of benzene rings is 1. The van der Waals surface area contributed by atoms with Crippen molar-refractivity contribution in [2.75, 3.05) is 12.4 Å². The van der Waals surface area contributed by atoms with Crippen molar-refractivity contribution in [3.8, 4) is 5.75 Å². The molecule has 0 aliphatic carbocycles. The number of rotatable bonds is 5. The van der Waals surface area contributed by atoms with E-state index in [1.165, 1.54) is 0 Å². The van der Waals surface area contributed by atoms with E-state index in [0.717, 1.165) is 16.9 Å². The maximum Gasteiger partial charge on any atom is 0.265 e. The first-order valence-electron chi connectivity index (χ1n) is 5.42. The Kier molecular flexibility index (Phi) is 4.54. The lowest BCUT2D eigenvalue weighted by Crippen LogP contribution is -2.18. The lowest BCUT2D eigenvalue weighted by Gasteiger charge is -2.12. The van der Waals surface area contributed by atoms with Gasteiger partial charge in [0, 0.05) is 5.92 Å². The minimum atomic E-state index is -3.92. The van der Waals surface area contributed by atoms with Gasteiger partial charge in [-0.15, -0.1) is 0 Å². The number of hydrogen-bond acceptors (Lipinski definition) is 3. The fourth-order valence-corrected chi connectivity index (χ4v) is 2.48. The van der Waals surface area contributed by atoms with E-state index in [2.05, 4.69) is 0 Å². The first kappa shape index (κ1) is 14.0. The molecule has 5 heteroatoms. The topological polar surface area (TPSA) is 63.6 Å². The van der Waals surface area contributed by atoms with Crippen LogP contribution in [0.5, 0.6) is 5.75 Å². The molecule has 1 aromatic rings. The van der Waals surface area contributed by atoms with E-state index in [1.807, 2.05) is 32.0 Å². The van der Waals surface area contributed by atoms with Crippen molar-refractivity contribution in [1.29, 1.82) is 0 Å². The van der Waals surface area contributed by atoms with E-state index < -0.39 is 10.1 Å². The van der Waals surface area contributed by atoms with E-state index in [1.54, 1.807) is 6.92 Å². The van der Waals surface area contributed by atoms with Crippen LogP contribution in [0.15, 0.2) is 18.2 Å². The van der Waals surface area contributed by atoms with Gasteiger partial charge in [-0.1, -0.05) is 13.0 Å². The molecule has 0 amide bonds. The van der Waals surface area contributed by atoms with Gasteiger partial charge in [0.1, 0.15) is 5.75 Å². The number of hydrogen-bond donors (Lipinski definition) is 1. The number of ether oxygens (including phenoxy) is 1. The van der Waals surface area contributed by atoms with Crippen LogP contribution in [0.25, 0.3) is 0 Å². The Balaban J connectivity index is 2.55. The van der Waals surface area contributed by atoms with Crippen LogP contribution in [0, 0.1) is 19.8 Å². The molecule has 17 heavy (non-hydrogen) atoms. The van der Waals surface area contributed by atoms with Crippen LogP contribution < -0.4 is 4.74 Å². The van der Waals surface area contributed by atoms with E-state index in [0.29, 0.717) is 0 Å². The summed E-state index contributed by atoms with van der Waals surface area (Å²) in [5.41, 5.74) is 2.20. The van der Waals surface area contributed by atoms with Gasteiger partial charge in [-0.2, -0.15) is 8.42 Å². The van der Waals surface area contributed by atoms with E-state index in [-0.39, 0.29) is 18.3 Å². The highest BCUT2D eigenvalue weighted by Gasteiger charge is 2.13. The quantitative estimate of drug-likeness (QED) is 0.822. The summed E-state index contributed by atoms with van der Waals surface area (Å²) in [5.74, 6) is 0.202. The summed E-state index contributed by atoms with van der Waals surface area (Å²) in [7, 11) is -3.92. The summed E-state index contributed by atoms with van der Waals surface area (Å²) < 4.78 is 35.5. The molecule has 0 spiro atoms. The summed E-state index contributed by atoms with van der Waals surface area (Å²) in [6, 6.07) is 5.83. The summed E-state index contributed by atoms with van der Waals surface area (Å²) in [6.45, 7) is 5.93. The zero-order valence-corrected chi connectivity index (χ0v) is 11.1. The fourth-order valence-electron chi connectivity index (χ4n) is 1.66. The monoisotopic (exact) mass is 258 g/mol. The van der Waals surface area contributed by atoms with Crippen LogP contribution in [-0.2, 0) is 10.1 Å². The van der Waals surface area contributed by atoms with Crippen molar-refractivity contribution < 1.29 is 17.7 Å². The maximum atomic E-state index is 10.7. The summed E-state index contributed by atoms with van der Waals surface area (Å²) >= 11 is 0. The fraction of sp³-hybridized carbons (Fsp3) is 0.500. The smallest absolute Gasteiger partial charge is 0.265 e. The Morgan fingerprint density at radius 2 is 1.76 bits per heavy atom. The Morgan fingerprint density at radius 3 is 2.24 bits per heavy atom. The molecule has 1 N–H and O–H groups in total. The van der Waals surface area contributed by atoms with Crippen molar-refractivity contribution in [1.82, 2.24) is 0 Å². The third kappa shape index (κ3) is 5.70. The van der Waals surface area contributed by atoms with Crippen molar-refractivity contribution in [2.24, 2.45) is 5.92 Å². The SMILES string of the molecule is Cc1cc(C)cc(OCC(C)CS(=O)(=O)O)c1. The highest BCUT2D eigenvalue weighted by molar-refractivity contribution is 7.85. The van der Waals surface area contributed by atoms with Gasteiger partial charge in [-0.3, -0.25) is 4.55 Å². The second-order valence-electron chi connectivity index (χ2n) is 4.49. The van der Waals surface area contributed by atoms with E-state index in [4.69, 9.17) is 9.29 Å². The lowest BCUT2D eigenvalue weighted by molar-refractivity contribution is 0.269. The molecule has 1 rings (SSSR count). The van der Waals surface area contributed by atoms with Crippen LogP contribution in [0.2, 0.25) is 0 Å². The Labute approximate surface area is 102 Å². The molecule has 96 valence electrons. The summed E-state index contributed by atoms with van der Waals surface area (Å²) in [6.07, 6.45) is 0. The Hall–Kier alpha value is -1.07. The van der Waals surface area contributed by atoms with Gasteiger partial charge < -0.3 is 4.74 Å². The van der Waals surface area contributed by atoms with E-state index in [9.17, 15) is 8.42 Å². The van der Waals surface area contributed by atoms with Crippen LogP contribution in [0.1, 0.15) is 18.1 Å². The normalized spacial score (nSPS) is 13.4. The van der Waals surface area contributed by atoms with Crippen molar-refractivity contribution in [3.05, 3.63) is 29.3 Å². The molecule has 0 saturated carbocycles. The van der Waals surface area contributed by atoms with Crippen molar-refractivity contribution >= 4 is 10.1 Å². The molecule has 1 unspecified atom stereocenters. The van der Waals surface area contributed by atoms with Crippen LogP contribution in [0.3, 0.4) is 0 Å². The molecule has 0 aliphatic heterocycles. The summed E-state index contributed by atoms with van der Waals surface area (Å²) in [5, 5.41) is 0. The molecule has 0 saturated heterocycles. The van der Waals surface area contributed by atoms with Gasteiger partial charge in [0.05, 0.1) is 12.4 Å². The molecule has 0 heterocycles. The molecular formula is C12H18O4S. The molecule has 0 bridgehead atoms. The largest absolute Gasteiger partial charge is 0.493 e. The Morgan fingerprint density at radius 1 is 1.24 bits per heavy atom. The molecule has 1 aromatic carbocycles. The van der Waals surface area contributed by atoms with Crippen LogP contribution in [-0.4, -0.2) is 25.3 Å². The molecule has 0 radical (unpaired) electrons. The minimum Gasteiger partial charge on any atom is -0.493 e. The molecule has 0 aliphatic rings. The van der Waals surface area contributed by atoms with Crippen molar-refractivity contribution in [3.63, 3.8) is 0 Å².